The van der Waals surface area contributed by atoms with Crippen LogP contribution in [0.4, 0.5) is 0 Å². The molecule has 0 bridgehead atoms. The molecule has 0 aliphatic carbocycles. The topological polar surface area (TPSA) is 72.8 Å². The average molecular weight is 717 g/mol. The van der Waals surface area contributed by atoms with Gasteiger partial charge in [0.2, 0.25) is 0 Å². The summed E-state index contributed by atoms with van der Waals surface area (Å²) in [5.74, 6) is -0.602. The van der Waals surface area contributed by atoms with Gasteiger partial charge in [-0.25, -0.2) is 0 Å². The van der Waals surface area contributed by atoms with Gasteiger partial charge < -0.3 is 14.6 Å². The molecule has 1 atom stereocenters. The fraction of sp³-hybridized carbons (Fsp3) is 0.826. The van der Waals surface area contributed by atoms with Crippen LogP contribution in [0.2, 0.25) is 0 Å². The molecule has 298 valence electrons. The zero-order valence-corrected chi connectivity index (χ0v) is 33.9. The van der Waals surface area contributed by atoms with Crippen molar-refractivity contribution >= 4 is 11.9 Å². The number of unbranched alkanes of at least 4 members (excludes halogenated alkanes) is 26. The van der Waals surface area contributed by atoms with Crippen LogP contribution >= 0.6 is 0 Å². The molecule has 0 aromatic heterocycles. The Bertz CT molecular complexity index is 816. The fourth-order valence-electron chi connectivity index (χ4n) is 6.39. The van der Waals surface area contributed by atoms with Crippen molar-refractivity contribution in [2.24, 2.45) is 0 Å². The molecule has 0 aromatic rings. The molecular formula is C46H84O5. The molecule has 0 amide bonds. The smallest absolute Gasteiger partial charge is 0.306 e. The maximum absolute atomic E-state index is 12.2. The minimum absolute atomic E-state index is 0.0698. The van der Waals surface area contributed by atoms with Crippen LogP contribution in [0.25, 0.3) is 0 Å². The first-order valence-corrected chi connectivity index (χ1v) is 22.0. The molecule has 5 nitrogen and oxygen atoms in total. The lowest BCUT2D eigenvalue weighted by molar-refractivity contribution is -0.161. The first kappa shape index (κ1) is 49.1. The van der Waals surface area contributed by atoms with Gasteiger partial charge in [0.25, 0.3) is 0 Å². The lowest BCUT2D eigenvalue weighted by Crippen LogP contribution is -2.28. The van der Waals surface area contributed by atoms with Crippen LogP contribution in [0.1, 0.15) is 226 Å². The molecule has 0 unspecified atom stereocenters. The highest BCUT2D eigenvalue weighted by Gasteiger charge is 2.16. The summed E-state index contributed by atoms with van der Waals surface area (Å²) in [5.41, 5.74) is 0. The third kappa shape index (κ3) is 40.7. The van der Waals surface area contributed by atoms with Crippen LogP contribution in [-0.4, -0.2) is 36.4 Å². The van der Waals surface area contributed by atoms with E-state index in [0.717, 1.165) is 70.6 Å². The average Bonchev–Trinajstić information content (AvgIpc) is 3.13. The molecule has 51 heavy (non-hydrogen) atoms. The van der Waals surface area contributed by atoms with Gasteiger partial charge in [0, 0.05) is 12.8 Å². The Hall–Kier alpha value is -1.88. The van der Waals surface area contributed by atoms with Gasteiger partial charge in [-0.2, -0.15) is 0 Å². The summed E-state index contributed by atoms with van der Waals surface area (Å²) in [5, 5.41) is 9.57. The van der Waals surface area contributed by atoms with Gasteiger partial charge in [-0.05, 0) is 44.9 Å². The molecule has 0 aliphatic rings. The lowest BCUT2D eigenvalue weighted by Gasteiger charge is -2.15. The largest absolute Gasteiger partial charge is 0.462 e. The van der Waals surface area contributed by atoms with Gasteiger partial charge in [-0.15, -0.1) is 0 Å². The van der Waals surface area contributed by atoms with Crippen molar-refractivity contribution in [3.63, 3.8) is 0 Å². The molecule has 0 aliphatic heterocycles. The molecule has 1 N–H and O–H groups in total. The van der Waals surface area contributed by atoms with Crippen LogP contribution in [0, 0.1) is 0 Å². The maximum atomic E-state index is 12.2. The van der Waals surface area contributed by atoms with Crippen LogP contribution in [-0.2, 0) is 19.1 Å². The number of aliphatic hydroxyl groups is 1. The number of carbonyl (C=O) groups is 2. The van der Waals surface area contributed by atoms with Gasteiger partial charge in [-0.1, -0.05) is 204 Å². The zero-order valence-electron chi connectivity index (χ0n) is 33.9. The molecule has 0 aromatic carbocycles. The van der Waals surface area contributed by atoms with Crippen molar-refractivity contribution in [2.75, 3.05) is 13.2 Å². The van der Waals surface area contributed by atoms with Gasteiger partial charge in [0.1, 0.15) is 6.61 Å². The molecule has 0 heterocycles. The van der Waals surface area contributed by atoms with Crippen molar-refractivity contribution in [1.82, 2.24) is 0 Å². The van der Waals surface area contributed by atoms with Crippen LogP contribution < -0.4 is 0 Å². The van der Waals surface area contributed by atoms with E-state index >= 15 is 0 Å². The molecule has 0 saturated heterocycles. The zero-order chi connectivity index (χ0) is 37.1. The molecular weight excluding hydrogens is 633 g/mol. The second-order valence-electron chi connectivity index (χ2n) is 14.8. The highest BCUT2D eigenvalue weighted by atomic mass is 16.6. The van der Waals surface area contributed by atoms with E-state index in [1.807, 2.05) is 0 Å². The maximum Gasteiger partial charge on any atom is 0.306 e. The summed E-state index contributed by atoms with van der Waals surface area (Å²) in [6, 6.07) is 0. The number of carbonyl (C=O) groups excluding carboxylic acids is 2. The van der Waals surface area contributed by atoms with Crippen molar-refractivity contribution in [1.29, 1.82) is 0 Å². The van der Waals surface area contributed by atoms with Crippen LogP contribution in [0.5, 0.6) is 0 Å². The van der Waals surface area contributed by atoms with Crippen molar-refractivity contribution in [2.45, 2.75) is 232 Å². The second-order valence-corrected chi connectivity index (χ2v) is 14.8. The van der Waals surface area contributed by atoms with Crippen molar-refractivity contribution < 1.29 is 24.2 Å². The molecule has 0 saturated carbocycles. The Morgan fingerprint density at radius 3 is 1.27 bits per heavy atom. The fourth-order valence-corrected chi connectivity index (χ4v) is 6.39. The summed E-state index contributed by atoms with van der Waals surface area (Å²) < 4.78 is 10.6. The number of allylic oxidation sites excluding steroid dienone is 6. The number of esters is 2. The molecule has 0 rings (SSSR count). The summed E-state index contributed by atoms with van der Waals surface area (Å²) >= 11 is 0. The molecule has 0 radical (unpaired) electrons. The quantitative estimate of drug-likeness (QED) is 0.0388. The Labute approximate surface area is 316 Å². The van der Waals surface area contributed by atoms with Crippen molar-refractivity contribution in [3.8, 4) is 0 Å². The van der Waals surface area contributed by atoms with E-state index < -0.39 is 6.10 Å². The summed E-state index contributed by atoms with van der Waals surface area (Å²) in [4.78, 5) is 24.3. The number of ether oxygens (including phenoxy) is 2. The van der Waals surface area contributed by atoms with Gasteiger partial charge in [-0.3, -0.25) is 9.59 Å². The van der Waals surface area contributed by atoms with Gasteiger partial charge in [0.05, 0.1) is 6.61 Å². The Morgan fingerprint density at radius 2 is 0.843 bits per heavy atom. The minimum Gasteiger partial charge on any atom is -0.462 e. The van der Waals surface area contributed by atoms with Gasteiger partial charge in [0.15, 0.2) is 6.10 Å². The molecule has 5 heteroatoms. The van der Waals surface area contributed by atoms with Crippen LogP contribution in [0.3, 0.4) is 0 Å². The monoisotopic (exact) mass is 717 g/mol. The van der Waals surface area contributed by atoms with E-state index in [4.69, 9.17) is 9.47 Å². The predicted octanol–water partition coefficient (Wildman–Crippen LogP) is 14.0. The van der Waals surface area contributed by atoms with E-state index in [-0.39, 0.29) is 25.2 Å². The van der Waals surface area contributed by atoms with E-state index in [1.165, 1.54) is 128 Å². The van der Waals surface area contributed by atoms with E-state index in [0.29, 0.717) is 12.8 Å². The molecule has 0 spiro atoms. The first-order valence-electron chi connectivity index (χ1n) is 22.0. The predicted molar refractivity (Wildman–Crippen MR) is 219 cm³/mol. The van der Waals surface area contributed by atoms with E-state index in [1.54, 1.807) is 0 Å². The highest BCUT2D eigenvalue weighted by Crippen LogP contribution is 2.16. The second kappa shape index (κ2) is 42.5. The standard InChI is InChI=1S/C46H84O5/c1-3-5-7-9-11-13-15-17-19-20-21-22-23-24-25-27-28-30-32-34-36-38-40-45(48)50-43-44(42-47)51-46(49)41-39-37-35-33-31-29-26-18-16-14-12-10-8-6-4-2/h6,8,12,14,18,26,44,47H,3-5,7,9-11,13,15-17,19-25,27-43H2,1-2H3/b8-6+,14-12+,26-18+/t44-/m0/s1. The summed E-state index contributed by atoms with van der Waals surface area (Å²) in [6.07, 6.45) is 52.2. The lowest BCUT2D eigenvalue weighted by atomic mass is 10.0. The third-order valence-electron chi connectivity index (χ3n) is 9.70. The first-order chi connectivity index (χ1) is 25.1. The van der Waals surface area contributed by atoms with Crippen molar-refractivity contribution in [3.05, 3.63) is 36.5 Å². The Balaban J connectivity index is 3.49. The summed E-state index contributed by atoms with van der Waals surface area (Å²) in [6.45, 7) is 4.03. The van der Waals surface area contributed by atoms with Gasteiger partial charge >= 0.3 is 11.9 Å². The minimum atomic E-state index is -0.777. The Kier molecular flexibility index (Phi) is 41.0. The number of aliphatic hydroxyl groups excluding tert-OH is 1. The number of hydrogen-bond acceptors (Lipinski definition) is 5. The highest BCUT2D eigenvalue weighted by molar-refractivity contribution is 5.70. The molecule has 0 fully saturated rings. The van der Waals surface area contributed by atoms with E-state index in [2.05, 4.69) is 50.3 Å². The normalized spacial score (nSPS) is 12.5. The Morgan fingerprint density at radius 1 is 0.471 bits per heavy atom. The number of rotatable bonds is 40. The number of hydrogen-bond donors (Lipinski definition) is 1. The van der Waals surface area contributed by atoms with E-state index in [9.17, 15) is 14.7 Å². The summed E-state index contributed by atoms with van der Waals surface area (Å²) in [7, 11) is 0. The SMILES string of the molecule is CC/C=C/C/C=C/C/C=C/CCCCCCCC(=O)O[C@@H](CO)COC(=O)CCCCCCCCCCCCCCCCCCCCCCCC. The third-order valence-corrected chi connectivity index (χ3v) is 9.70. The van der Waals surface area contributed by atoms with Crippen LogP contribution in [0.15, 0.2) is 36.5 Å².